The lowest BCUT2D eigenvalue weighted by Crippen LogP contribution is -2.19. The number of thioether (sulfide) groups is 1. The van der Waals surface area contributed by atoms with Crippen molar-refractivity contribution in [2.75, 3.05) is 0 Å². The molecule has 0 saturated carbocycles. The molecule has 0 bridgehead atoms. The van der Waals surface area contributed by atoms with E-state index in [1.54, 1.807) is 17.7 Å². The number of fused-ring (bicyclic) bond motifs is 1. The lowest BCUT2D eigenvalue weighted by molar-refractivity contribution is 0.528. The normalized spacial score (nSPS) is 11.3. The molecule has 0 N–H and O–H groups in total. The number of nitrogens with zero attached hydrogens (tertiary/aromatic N) is 4. The number of hydrogen-bond acceptors (Lipinski definition) is 7. The highest BCUT2D eigenvalue weighted by Gasteiger charge is 2.13. The van der Waals surface area contributed by atoms with E-state index in [-0.39, 0.29) is 5.56 Å². The molecule has 0 spiro atoms. The second kappa shape index (κ2) is 6.74. The van der Waals surface area contributed by atoms with Gasteiger partial charge >= 0.3 is 0 Å². The van der Waals surface area contributed by atoms with Gasteiger partial charge in [0.2, 0.25) is 11.8 Å². The van der Waals surface area contributed by atoms with E-state index < -0.39 is 0 Å². The molecule has 0 unspecified atom stereocenters. The minimum atomic E-state index is -0.0465. The molecular weight excluding hydrogens is 424 g/mol. The van der Waals surface area contributed by atoms with Crippen LogP contribution in [0.2, 0.25) is 0 Å². The van der Waals surface area contributed by atoms with Crippen molar-refractivity contribution >= 4 is 49.2 Å². The van der Waals surface area contributed by atoms with E-state index >= 15 is 0 Å². The highest BCUT2D eigenvalue weighted by atomic mass is 79.9. The Balaban J connectivity index is 1.55. The van der Waals surface area contributed by atoms with E-state index in [1.807, 2.05) is 29.6 Å². The molecular formula is C16H11BrN4O2S2. The SMILES string of the molecule is Cn1c(SCc2nnc(-c3ccc(Br)cc3)o2)nc2sccc2c1=O. The van der Waals surface area contributed by atoms with Gasteiger partial charge in [0.25, 0.3) is 5.56 Å². The van der Waals surface area contributed by atoms with Crippen LogP contribution in [0, 0.1) is 0 Å². The molecule has 1 aromatic carbocycles. The standard InChI is InChI=1S/C16H11BrN4O2S2/c1-21-15(22)11-6-7-24-14(11)18-16(21)25-8-12-19-20-13(23-12)9-2-4-10(17)5-3-9/h2-7H,8H2,1H3. The zero-order chi connectivity index (χ0) is 17.4. The van der Waals surface area contributed by atoms with Gasteiger partial charge in [-0.15, -0.1) is 21.5 Å². The summed E-state index contributed by atoms with van der Waals surface area (Å²) in [4.78, 5) is 17.6. The number of hydrogen-bond donors (Lipinski definition) is 0. The Bertz CT molecular complexity index is 1100. The summed E-state index contributed by atoms with van der Waals surface area (Å²) in [6.45, 7) is 0. The van der Waals surface area contributed by atoms with E-state index in [0.29, 0.717) is 28.1 Å². The number of halogens is 1. The fourth-order valence-electron chi connectivity index (χ4n) is 2.26. The van der Waals surface area contributed by atoms with Gasteiger partial charge in [0.15, 0.2) is 5.16 Å². The van der Waals surface area contributed by atoms with Gasteiger partial charge in [0, 0.05) is 17.1 Å². The third-order valence-electron chi connectivity index (χ3n) is 3.55. The molecule has 0 atom stereocenters. The minimum Gasteiger partial charge on any atom is -0.420 e. The largest absolute Gasteiger partial charge is 0.420 e. The molecule has 0 saturated heterocycles. The van der Waals surface area contributed by atoms with Crippen molar-refractivity contribution in [1.82, 2.24) is 19.7 Å². The molecule has 0 aliphatic carbocycles. The topological polar surface area (TPSA) is 73.8 Å². The predicted molar refractivity (Wildman–Crippen MR) is 102 cm³/mol. The van der Waals surface area contributed by atoms with Gasteiger partial charge in [-0.1, -0.05) is 27.7 Å². The van der Waals surface area contributed by atoms with Gasteiger partial charge in [0.1, 0.15) is 4.83 Å². The van der Waals surface area contributed by atoms with Gasteiger partial charge in [-0.05, 0) is 35.7 Å². The first-order chi connectivity index (χ1) is 12.1. The Morgan fingerprint density at radius 1 is 1.24 bits per heavy atom. The van der Waals surface area contributed by atoms with Gasteiger partial charge in [0.05, 0.1) is 11.1 Å². The third kappa shape index (κ3) is 3.26. The van der Waals surface area contributed by atoms with Crippen LogP contribution in [0.15, 0.2) is 54.6 Å². The molecule has 0 amide bonds. The van der Waals surface area contributed by atoms with Gasteiger partial charge in [-0.2, -0.15) is 0 Å². The number of rotatable bonds is 4. The summed E-state index contributed by atoms with van der Waals surface area (Å²) < 4.78 is 8.24. The van der Waals surface area contributed by atoms with Crippen LogP contribution >= 0.6 is 39.0 Å². The first-order valence-corrected chi connectivity index (χ1v) is 9.93. The van der Waals surface area contributed by atoms with Crippen LogP contribution in [0.5, 0.6) is 0 Å². The predicted octanol–water partition coefficient (Wildman–Crippen LogP) is 4.10. The summed E-state index contributed by atoms with van der Waals surface area (Å²) in [7, 11) is 1.72. The lowest BCUT2D eigenvalue weighted by atomic mass is 10.2. The van der Waals surface area contributed by atoms with Crippen LogP contribution in [0.1, 0.15) is 5.89 Å². The zero-order valence-electron chi connectivity index (χ0n) is 13.0. The monoisotopic (exact) mass is 434 g/mol. The second-order valence-corrected chi connectivity index (χ2v) is 7.95. The van der Waals surface area contributed by atoms with Crippen molar-refractivity contribution in [1.29, 1.82) is 0 Å². The van der Waals surface area contributed by atoms with Crippen LogP contribution in [0.4, 0.5) is 0 Å². The second-order valence-electron chi connectivity index (χ2n) is 5.19. The number of thiophene rings is 1. The van der Waals surface area contributed by atoms with Crippen molar-refractivity contribution in [3.05, 3.63) is 56.4 Å². The van der Waals surface area contributed by atoms with E-state index in [2.05, 4.69) is 31.1 Å². The molecule has 0 fully saturated rings. The zero-order valence-corrected chi connectivity index (χ0v) is 16.2. The van der Waals surface area contributed by atoms with Crippen LogP contribution in [-0.2, 0) is 12.8 Å². The quantitative estimate of drug-likeness (QED) is 0.355. The lowest BCUT2D eigenvalue weighted by Gasteiger charge is -2.05. The van der Waals surface area contributed by atoms with Gasteiger partial charge < -0.3 is 4.42 Å². The highest BCUT2D eigenvalue weighted by Crippen LogP contribution is 2.25. The molecule has 0 aliphatic rings. The molecule has 4 rings (SSSR count). The smallest absolute Gasteiger partial charge is 0.262 e. The first kappa shape index (κ1) is 16.5. The van der Waals surface area contributed by atoms with E-state index in [9.17, 15) is 4.79 Å². The van der Waals surface area contributed by atoms with Crippen molar-refractivity contribution in [3.63, 3.8) is 0 Å². The van der Waals surface area contributed by atoms with Crippen LogP contribution in [-0.4, -0.2) is 19.7 Å². The van der Waals surface area contributed by atoms with Gasteiger partial charge in [-0.25, -0.2) is 4.98 Å². The number of benzene rings is 1. The molecule has 4 aromatic rings. The number of aromatic nitrogens is 4. The maximum Gasteiger partial charge on any atom is 0.262 e. The molecule has 126 valence electrons. The average Bonchev–Trinajstić information content (AvgIpc) is 3.27. The van der Waals surface area contributed by atoms with E-state index in [1.165, 1.54) is 23.1 Å². The third-order valence-corrected chi connectivity index (χ3v) is 5.90. The fraction of sp³-hybridized carbons (Fsp3) is 0.125. The molecule has 9 heteroatoms. The summed E-state index contributed by atoms with van der Waals surface area (Å²) in [5, 5.41) is 11.3. The molecule has 3 aromatic heterocycles. The Morgan fingerprint density at radius 3 is 2.84 bits per heavy atom. The average molecular weight is 435 g/mol. The first-order valence-electron chi connectivity index (χ1n) is 7.27. The highest BCUT2D eigenvalue weighted by molar-refractivity contribution is 9.10. The Labute approximate surface area is 159 Å². The maximum absolute atomic E-state index is 12.3. The van der Waals surface area contributed by atoms with Crippen LogP contribution in [0.25, 0.3) is 21.7 Å². The summed E-state index contributed by atoms with van der Waals surface area (Å²) in [5.41, 5.74) is 0.812. The van der Waals surface area contributed by atoms with Crippen molar-refractivity contribution in [3.8, 4) is 11.5 Å². The fourth-order valence-corrected chi connectivity index (χ4v) is 4.13. The van der Waals surface area contributed by atoms with Gasteiger partial charge in [-0.3, -0.25) is 9.36 Å². The molecule has 6 nitrogen and oxygen atoms in total. The Hall–Kier alpha value is -1.97. The van der Waals surface area contributed by atoms with E-state index in [4.69, 9.17) is 4.42 Å². The van der Waals surface area contributed by atoms with Crippen LogP contribution in [0.3, 0.4) is 0 Å². The molecule has 0 aliphatic heterocycles. The van der Waals surface area contributed by atoms with Crippen LogP contribution < -0.4 is 5.56 Å². The summed E-state index contributed by atoms with van der Waals surface area (Å²) in [6, 6.07) is 9.45. The Kier molecular flexibility index (Phi) is 4.45. The van der Waals surface area contributed by atoms with Crippen molar-refractivity contribution in [2.45, 2.75) is 10.9 Å². The summed E-state index contributed by atoms with van der Waals surface area (Å²) >= 11 is 6.25. The Morgan fingerprint density at radius 2 is 2.04 bits per heavy atom. The summed E-state index contributed by atoms with van der Waals surface area (Å²) in [6.07, 6.45) is 0. The maximum atomic E-state index is 12.3. The molecule has 3 heterocycles. The van der Waals surface area contributed by atoms with E-state index in [0.717, 1.165) is 14.9 Å². The van der Waals surface area contributed by atoms with Crippen molar-refractivity contribution < 1.29 is 4.42 Å². The van der Waals surface area contributed by atoms with Crippen molar-refractivity contribution in [2.24, 2.45) is 7.05 Å². The molecule has 25 heavy (non-hydrogen) atoms. The summed E-state index contributed by atoms with van der Waals surface area (Å²) in [5.74, 6) is 1.41. The minimum absolute atomic E-state index is 0.0465. The molecule has 0 radical (unpaired) electrons.